The Hall–Kier alpha value is -1.17. The van der Waals surface area contributed by atoms with Crippen LogP contribution in [0.3, 0.4) is 0 Å². The Morgan fingerprint density at radius 3 is 2.69 bits per heavy atom. The molecule has 1 saturated heterocycles. The zero-order valence-electron chi connectivity index (χ0n) is 18.3. The minimum atomic E-state index is -0.873. The highest BCUT2D eigenvalue weighted by atomic mass is 16.6. The van der Waals surface area contributed by atoms with Gasteiger partial charge in [-0.1, -0.05) is 45.9 Å². The first-order chi connectivity index (χ1) is 13.8. The third-order valence-electron chi connectivity index (χ3n) is 7.06. The summed E-state index contributed by atoms with van der Waals surface area (Å²) >= 11 is 0. The van der Waals surface area contributed by atoms with Crippen LogP contribution in [0.5, 0.6) is 0 Å². The molecule has 29 heavy (non-hydrogen) atoms. The molecule has 0 spiro atoms. The van der Waals surface area contributed by atoms with Crippen molar-refractivity contribution in [3.63, 3.8) is 0 Å². The molecule has 5 heteroatoms. The largest absolute Gasteiger partial charge is 0.461 e. The second-order valence-electron chi connectivity index (χ2n) is 9.49. The van der Waals surface area contributed by atoms with Crippen molar-refractivity contribution in [1.29, 1.82) is 0 Å². The number of aliphatic hydroxyl groups is 2. The van der Waals surface area contributed by atoms with E-state index in [1.807, 2.05) is 13.8 Å². The summed E-state index contributed by atoms with van der Waals surface area (Å²) in [6.07, 6.45) is 9.47. The number of aliphatic hydroxyl groups excluding tert-OH is 2. The van der Waals surface area contributed by atoms with Gasteiger partial charge in [0.2, 0.25) is 0 Å². The first-order valence-electron chi connectivity index (χ1n) is 11.4. The summed E-state index contributed by atoms with van der Waals surface area (Å²) in [7, 11) is 0. The van der Waals surface area contributed by atoms with Crippen molar-refractivity contribution < 1.29 is 24.5 Å². The van der Waals surface area contributed by atoms with Crippen LogP contribution in [-0.2, 0) is 14.3 Å². The molecule has 2 N–H and O–H groups in total. The fourth-order valence-corrected chi connectivity index (χ4v) is 5.18. The number of esters is 1. The second kappa shape index (κ2) is 9.76. The Labute approximate surface area is 175 Å². The van der Waals surface area contributed by atoms with Crippen molar-refractivity contribution in [2.75, 3.05) is 0 Å². The molecule has 2 aliphatic carbocycles. The predicted octanol–water partition coefficient (Wildman–Crippen LogP) is 3.99. The molecule has 0 aromatic rings. The van der Waals surface area contributed by atoms with Crippen molar-refractivity contribution in [2.24, 2.45) is 29.6 Å². The van der Waals surface area contributed by atoms with Crippen molar-refractivity contribution in [3.05, 3.63) is 23.8 Å². The summed E-state index contributed by atoms with van der Waals surface area (Å²) in [5.41, 5.74) is 1.29. The van der Waals surface area contributed by atoms with Crippen LogP contribution in [0.2, 0.25) is 0 Å². The molecule has 9 atom stereocenters. The Bertz CT molecular complexity index is 617. The zero-order chi connectivity index (χ0) is 21.1. The highest BCUT2D eigenvalue weighted by Crippen LogP contribution is 2.45. The number of hydrogen-bond acceptors (Lipinski definition) is 5. The highest BCUT2D eigenvalue weighted by molar-refractivity contribution is 5.72. The number of ether oxygens (including phenoxy) is 2. The third-order valence-corrected chi connectivity index (χ3v) is 7.06. The van der Waals surface area contributed by atoms with E-state index in [0.717, 1.165) is 25.7 Å². The summed E-state index contributed by atoms with van der Waals surface area (Å²) in [4.78, 5) is 12.6. The van der Waals surface area contributed by atoms with Crippen molar-refractivity contribution >= 4 is 5.97 Å². The van der Waals surface area contributed by atoms with E-state index in [9.17, 15) is 15.0 Å². The molecule has 164 valence electrons. The van der Waals surface area contributed by atoms with E-state index in [0.29, 0.717) is 30.6 Å². The van der Waals surface area contributed by atoms with Gasteiger partial charge in [-0.05, 0) is 55.4 Å². The topological polar surface area (TPSA) is 76.0 Å². The number of hydrogen-bond donors (Lipinski definition) is 2. The summed E-state index contributed by atoms with van der Waals surface area (Å²) in [5.74, 6) is 1.17. The quantitative estimate of drug-likeness (QED) is 0.653. The fraction of sp³-hybridized carbons (Fsp3) is 0.792. The van der Waals surface area contributed by atoms with Gasteiger partial charge in [0.1, 0.15) is 6.10 Å². The fourth-order valence-electron chi connectivity index (χ4n) is 5.18. The van der Waals surface area contributed by atoms with Gasteiger partial charge in [0.25, 0.3) is 0 Å². The zero-order valence-corrected chi connectivity index (χ0v) is 18.3. The van der Waals surface area contributed by atoms with Crippen LogP contribution in [0.1, 0.15) is 66.2 Å². The molecule has 0 aromatic heterocycles. The smallest absolute Gasteiger partial charge is 0.308 e. The average Bonchev–Trinajstić information content (AvgIpc) is 2.65. The summed E-state index contributed by atoms with van der Waals surface area (Å²) in [6.45, 7) is 8.37. The number of rotatable bonds is 6. The van der Waals surface area contributed by atoms with Crippen LogP contribution >= 0.6 is 0 Å². The van der Waals surface area contributed by atoms with Crippen LogP contribution in [-0.4, -0.2) is 40.8 Å². The first kappa shape index (κ1) is 22.5. The maximum atomic E-state index is 12.6. The summed E-state index contributed by atoms with van der Waals surface area (Å²) in [6, 6.07) is 0. The molecule has 3 aliphatic rings. The standard InChI is InChI=1S/C24H38O5/c1-5-15(3)24(27)29-21-11-14(2)10-17-7-6-16(4)20(23(17)21)9-8-19-12-18(25)13-22(26)28-19/h6-7,10,14-16,18-23,25-26H,5,8-9,11-13H2,1-4H3/t14-,15?,16-,18-,19-,20-,21-,22+,23-/m1/s1. The Morgan fingerprint density at radius 2 is 2.00 bits per heavy atom. The molecule has 0 bridgehead atoms. The van der Waals surface area contributed by atoms with Gasteiger partial charge in [-0.15, -0.1) is 0 Å². The van der Waals surface area contributed by atoms with Gasteiger partial charge in [-0.25, -0.2) is 0 Å². The van der Waals surface area contributed by atoms with Gasteiger partial charge < -0.3 is 19.7 Å². The molecular formula is C24H38O5. The second-order valence-corrected chi connectivity index (χ2v) is 9.49. The minimum absolute atomic E-state index is 0.0757. The maximum Gasteiger partial charge on any atom is 0.308 e. The van der Waals surface area contributed by atoms with Gasteiger partial charge in [0.15, 0.2) is 6.29 Å². The van der Waals surface area contributed by atoms with Gasteiger partial charge in [-0.2, -0.15) is 0 Å². The summed E-state index contributed by atoms with van der Waals surface area (Å²) < 4.78 is 11.7. The van der Waals surface area contributed by atoms with Gasteiger partial charge >= 0.3 is 5.97 Å². The Kier molecular flexibility index (Phi) is 7.58. The molecule has 0 radical (unpaired) electrons. The van der Waals surface area contributed by atoms with Crippen LogP contribution in [0.4, 0.5) is 0 Å². The van der Waals surface area contributed by atoms with Gasteiger partial charge in [0, 0.05) is 12.3 Å². The number of fused-ring (bicyclic) bond motifs is 1. The predicted molar refractivity (Wildman–Crippen MR) is 112 cm³/mol. The Balaban J connectivity index is 1.73. The van der Waals surface area contributed by atoms with Gasteiger partial charge in [0.05, 0.1) is 18.1 Å². The maximum absolute atomic E-state index is 12.6. The van der Waals surface area contributed by atoms with Crippen LogP contribution in [0, 0.1) is 29.6 Å². The Morgan fingerprint density at radius 1 is 1.24 bits per heavy atom. The van der Waals surface area contributed by atoms with Crippen molar-refractivity contribution in [1.82, 2.24) is 0 Å². The highest BCUT2D eigenvalue weighted by Gasteiger charge is 2.42. The lowest BCUT2D eigenvalue weighted by molar-refractivity contribution is -0.191. The monoisotopic (exact) mass is 406 g/mol. The lowest BCUT2D eigenvalue weighted by atomic mass is 9.65. The number of allylic oxidation sites excluding steroid dienone is 3. The normalized spacial score (nSPS) is 40.7. The molecule has 5 nitrogen and oxygen atoms in total. The minimum Gasteiger partial charge on any atom is -0.461 e. The number of carbonyl (C=O) groups excluding carboxylic acids is 1. The van der Waals surface area contributed by atoms with Crippen LogP contribution < -0.4 is 0 Å². The van der Waals surface area contributed by atoms with E-state index in [4.69, 9.17) is 9.47 Å². The molecule has 1 fully saturated rings. The van der Waals surface area contributed by atoms with E-state index < -0.39 is 12.4 Å². The van der Waals surface area contributed by atoms with Crippen molar-refractivity contribution in [2.45, 2.75) is 90.8 Å². The molecule has 0 aromatic carbocycles. The molecule has 0 amide bonds. The number of carbonyl (C=O) groups is 1. The molecular weight excluding hydrogens is 368 g/mol. The van der Waals surface area contributed by atoms with E-state index in [2.05, 4.69) is 32.1 Å². The molecule has 3 rings (SSSR count). The van der Waals surface area contributed by atoms with Crippen molar-refractivity contribution in [3.8, 4) is 0 Å². The molecule has 1 unspecified atom stereocenters. The van der Waals surface area contributed by atoms with E-state index in [-0.39, 0.29) is 30.0 Å². The lowest BCUT2D eigenvalue weighted by Crippen LogP contribution is -2.42. The van der Waals surface area contributed by atoms with Gasteiger partial charge in [-0.3, -0.25) is 4.79 Å². The molecule has 1 aliphatic heterocycles. The SMILES string of the molecule is CCC(C)C(=O)O[C@@H]1C[C@H](C)C=C2C=C[C@@H](C)[C@@H](CC[C@@H]3C[C@@H](O)C[C@@H](O)O3)[C@@H]21. The van der Waals surface area contributed by atoms with Crippen LogP contribution in [0.25, 0.3) is 0 Å². The van der Waals surface area contributed by atoms with E-state index >= 15 is 0 Å². The van der Waals surface area contributed by atoms with E-state index in [1.54, 1.807) is 0 Å². The molecule has 1 heterocycles. The lowest BCUT2D eigenvalue weighted by Gasteiger charge is -2.43. The molecule has 0 saturated carbocycles. The van der Waals surface area contributed by atoms with E-state index in [1.165, 1.54) is 5.57 Å². The third kappa shape index (κ3) is 5.50. The first-order valence-corrected chi connectivity index (χ1v) is 11.4. The van der Waals surface area contributed by atoms with Crippen LogP contribution in [0.15, 0.2) is 23.8 Å². The average molecular weight is 407 g/mol. The summed E-state index contributed by atoms with van der Waals surface area (Å²) in [5, 5.41) is 19.8.